The van der Waals surface area contributed by atoms with E-state index < -0.39 is 0 Å². The molecule has 0 saturated heterocycles. The van der Waals surface area contributed by atoms with Crippen molar-refractivity contribution in [3.05, 3.63) is 29.6 Å². The van der Waals surface area contributed by atoms with Gasteiger partial charge in [0.2, 0.25) is 0 Å². The first-order chi connectivity index (χ1) is 5.79. The smallest absolute Gasteiger partial charge is 0.0372 e. The summed E-state index contributed by atoms with van der Waals surface area (Å²) in [4.78, 5) is 6.05. The zero-order chi connectivity index (χ0) is 9.98. The third kappa shape index (κ3) is 7.98. The second kappa shape index (κ2) is 10.9. The number of hydrogen-bond donors (Lipinski definition) is 0. The normalized spacial score (nSPS) is 7.17. The molecular formula is C10H18IN. The monoisotopic (exact) mass is 279 g/mol. The first kappa shape index (κ1) is 14.4. The van der Waals surface area contributed by atoms with Gasteiger partial charge in [0.05, 0.1) is 0 Å². The third-order valence-corrected chi connectivity index (χ3v) is 1.06. The number of rotatable bonds is 0. The maximum atomic E-state index is 4.08. The van der Waals surface area contributed by atoms with Crippen molar-refractivity contribution in [2.75, 3.05) is 4.93 Å². The van der Waals surface area contributed by atoms with Gasteiger partial charge in [-0.25, -0.2) is 0 Å². The molecule has 12 heavy (non-hydrogen) atoms. The van der Waals surface area contributed by atoms with Gasteiger partial charge in [0, 0.05) is 11.9 Å². The summed E-state index contributed by atoms with van der Waals surface area (Å²) < 4.78 is 0. The van der Waals surface area contributed by atoms with E-state index in [9.17, 15) is 0 Å². The number of aromatic nitrogens is 1. The lowest BCUT2D eigenvalue weighted by Gasteiger charge is -1.89. The van der Waals surface area contributed by atoms with E-state index >= 15 is 0 Å². The van der Waals surface area contributed by atoms with Crippen molar-refractivity contribution in [1.82, 2.24) is 4.98 Å². The predicted octanol–water partition coefficient (Wildman–Crippen LogP) is 3.78. The lowest BCUT2D eigenvalue weighted by atomic mass is 10.3. The van der Waals surface area contributed by atoms with Crippen molar-refractivity contribution < 1.29 is 0 Å². The molecule has 2 heteroatoms. The average Bonchev–Trinajstić information content (AvgIpc) is 2.17. The van der Waals surface area contributed by atoms with E-state index in [1.165, 1.54) is 5.56 Å². The Morgan fingerprint density at radius 1 is 1.08 bits per heavy atom. The molecule has 0 amide bonds. The molecule has 1 heterocycles. The van der Waals surface area contributed by atoms with Gasteiger partial charge in [-0.15, -0.1) is 0 Å². The molecule has 0 aliphatic rings. The van der Waals surface area contributed by atoms with Gasteiger partial charge < -0.3 is 0 Å². The highest BCUT2D eigenvalue weighted by atomic mass is 127. The number of nitrogens with zero attached hydrogens (tertiary/aromatic N) is 1. The topological polar surface area (TPSA) is 12.9 Å². The van der Waals surface area contributed by atoms with Crippen LogP contribution in [-0.4, -0.2) is 9.91 Å². The number of alkyl halides is 1. The second-order valence-corrected chi connectivity index (χ2v) is 1.98. The van der Waals surface area contributed by atoms with Crippen molar-refractivity contribution in [2.45, 2.75) is 27.7 Å². The molecule has 0 spiro atoms. The summed E-state index contributed by atoms with van der Waals surface area (Å²) in [5.41, 5.74) is 2.30. The Bertz CT molecular complexity index is 149. The van der Waals surface area contributed by atoms with Crippen LogP contribution in [0.5, 0.6) is 0 Å². The minimum Gasteiger partial charge on any atom is -0.261 e. The molecule has 1 rings (SSSR count). The number of hydrogen-bond acceptors (Lipinski definition) is 1. The fraction of sp³-hybridized carbons (Fsp3) is 0.500. The number of pyridine rings is 1. The SMILES string of the molecule is CC.CI.Cc1ccc(C)nc1. The molecule has 0 fully saturated rings. The summed E-state index contributed by atoms with van der Waals surface area (Å²) in [5, 5.41) is 0. The fourth-order valence-corrected chi connectivity index (χ4v) is 0.542. The van der Waals surface area contributed by atoms with Crippen LogP contribution in [-0.2, 0) is 0 Å². The van der Waals surface area contributed by atoms with E-state index in [-0.39, 0.29) is 0 Å². The van der Waals surface area contributed by atoms with E-state index in [4.69, 9.17) is 0 Å². The van der Waals surface area contributed by atoms with Crippen LogP contribution in [0.25, 0.3) is 0 Å². The summed E-state index contributed by atoms with van der Waals surface area (Å²) in [5.74, 6) is 0. The fourth-order valence-electron chi connectivity index (χ4n) is 0.542. The molecule has 0 unspecified atom stereocenters. The maximum Gasteiger partial charge on any atom is 0.0372 e. The van der Waals surface area contributed by atoms with Crippen LogP contribution in [0, 0.1) is 13.8 Å². The van der Waals surface area contributed by atoms with Gasteiger partial charge in [-0.2, -0.15) is 0 Å². The molecule has 0 saturated carbocycles. The molecule has 0 aromatic carbocycles. The average molecular weight is 279 g/mol. The summed E-state index contributed by atoms with van der Waals surface area (Å²) >= 11 is 2.15. The quantitative estimate of drug-likeness (QED) is 0.520. The van der Waals surface area contributed by atoms with Crippen LogP contribution >= 0.6 is 22.6 Å². The van der Waals surface area contributed by atoms with E-state index in [1.54, 1.807) is 0 Å². The lowest BCUT2D eigenvalue weighted by molar-refractivity contribution is 1.17. The summed E-state index contributed by atoms with van der Waals surface area (Å²) in [6.45, 7) is 8.02. The molecule has 1 nitrogen and oxygen atoms in total. The highest BCUT2D eigenvalue weighted by Crippen LogP contribution is 1.94. The van der Waals surface area contributed by atoms with Crippen LogP contribution < -0.4 is 0 Å². The van der Waals surface area contributed by atoms with Crippen LogP contribution in [0.15, 0.2) is 18.3 Å². The molecule has 0 bridgehead atoms. The highest BCUT2D eigenvalue weighted by molar-refractivity contribution is 14.1. The molecule has 0 aliphatic carbocycles. The predicted molar refractivity (Wildman–Crippen MR) is 65.0 cm³/mol. The highest BCUT2D eigenvalue weighted by Gasteiger charge is 1.81. The molecule has 70 valence electrons. The van der Waals surface area contributed by atoms with Gasteiger partial charge in [-0.3, -0.25) is 4.98 Å². The molecule has 0 radical (unpaired) electrons. The largest absolute Gasteiger partial charge is 0.261 e. The summed E-state index contributed by atoms with van der Waals surface area (Å²) in [6, 6.07) is 4.07. The molecule has 1 aromatic heterocycles. The van der Waals surface area contributed by atoms with E-state index in [1.807, 2.05) is 44.9 Å². The van der Waals surface area contributed by atoms with Gasteiger partial charge in [0.25, 0.3) is 0 Å². The zero-order valence-electron chi connectivity index (χ0n) is 8.56. The van der Waals surface area contributed by atoms with Crippen LogP contribution in [0.1, 0.15) is 25.1 Å². The van der Waals surface area contributed by atoms with Crippen LogP contribution in [0.4, 0.5) is 0 Å². The Labute approximate surface area is 89.7 Å². The molecule has 1 aromatic rings. The standard InChI is InChI=1S/C7H9N.C2H6.CH3I/c1-6-3-4-7(2)8-5-6;2*1-2/h3-5H,1-2H3;1-2H3;1H3. The third-order valence-electron chi connectivity index (χ3n) is 1.06. The Morgan fingerprint density at radius 3 is 1.83 bits per heavy atom. The zero-order valence-corrected chi connectivity index (χ0v) is 10.7. The van der Waals surface area contributed by atoms with Gasteiger partial charge >= 0.3 is 0 Å². The Morgan fingerprint density at radius 2 is 1.58 bits per heavy atom. The number of aryl methyl sites for hydroxylation is 2. The first-order valence-electron chi connectivity index (χ1n) is 4.06. The minimum absolute atomic E-state index is 1.08. The summed E-state index contributed by atoms with van der Waals surface area (Å²) in [7, 11) is 0. The second-order valence-electron chi connectivity index (χ2n) is 1.98. The van der Waals surface area contributed by atoms with Crippen molar-refractivity contribution in [2.24, 2.45) is 0 Å². The van der Waals surface area contributed by atoms with Crippen molar-refractivity contribution in [1.29, 1.82) is 0 Å². The maximum absolute atomic E-state index is 4.08. The van der Waals surface area contributed by atoms with E-state index in [0.29, 0.717) is 0 Å². The van der Waals surface area contributed by atoms with E-state index in [0.717, 1.165) is 5.69 Å². The molecule has 0 atom stereocenters. The minimum atomic E-state index is 1.08. The molecular weight excluding hydrogens is 261 g/mol. The Balaban J connectivity index is 0. The molecule has 0 aliphatic heterocycles. The van der Waals surface area contributed by atoms with Crippen molar-refractivity contribution >= 4 is 22.6 Å². The van der Waals surface area contributed by atoms with Gasteiger partial charge in [0.15, 0.2) is 0 Å². The lowest BCUT2D eigenvalue weighted by Crippen LogP contribution is -1.78. The first-order valence-corrected chi connectivity index (χ1v) is 6.22. The van der Waals surface area contributed by atoms with Crippen LogP contribution in [0.2, 0.25) is 0 Å². The van der Waals surface area contributed by atoms with Gasteiger partial charge in [-0.05, 0) is 30.4 Å². The Hall–Kier alpha value is -0.120. The van der Waals surface area contributed by atoms with E-state index in [2.05, 4.69) is 33.6 Å². The van der Waals surface area contributed by atoms with Gasteiger partial charge in [0.1, 0.15) is 0 Å². The number of halogens is 1. The van der Waals surface area contributed by atoms with Crippen molar-refractivity contribution in [3.63, 3.8) is 0 Å². The molecule has 0 N–H and O–H groups in total. The Kier molecular flexibility index (Phi) is 13.1. The van der Waals surface area contributed by atoms with Gasteiger partial charge in [-0.1, -0.05) is 42.5 Å². The van der Waals surface area contributed by atoms with Crippen LogP contribution in [0.3, 0.4) is 0 Å². The summed E-state index contributed by atoms with van der Waals surface area (Å²) in [6.07, 6.45) is 1.87. The van der Waals surface area contributed by atoms with Crippen molar-refractivity contribution in [3.8, 4) is 0 Å².